The summed E-state index contributed by atoms with van der Waals surface area (Å²) in [6, 6.07) is 2.13. The van der Waals surface area contributed by atoms with Crippen molar-refractivity contribution in [2.24, 2.45) is 5.92 Å². The zero-order valence-electron chi connectivity index (χ0n) is 18.9. The molecule has 170 valence electrons. The third-order valence-corrected chi connectivity index (χ3v) is 6.00. The van der Waals surface area contributed by atoms with E-state index in [-0.39, 0.29) is 12.0 Å². The van der Waals surface area contributed by atoms with Crippen LogP contribution in [0.25, 0.3) is 22.4 Å². The third kappa shape index (κ3) is 5.53. The van der Waals surface area contributed by atoms with Crippen molar-refractivity contribution in [1.82, 2.24) is 30.1 Å². The SMILES string of the molecule is CSc1nccc(-c2[nH]nc3nc(NC4CCC(CC(=O)OC(C)(C)C)CC4)ncc23)n1. The van der Waals surface area contributed by atoms with E-state index in [0.717, 1.165) is 42.5 Å². The van der Waals surface area contributed by atoms with Gasteiger partial charge in [0, 0.05) is 24.9 Å². The van der Waals surface area contributed by atoms with Gasteiger partial charge in [0.25, 0.3) is 0 Å². The van der Waals surface area contributed by atoms with Gasteiger partial charge in [-0.3, -0.25) is 9.89 Å². The minimum Gasteiger partial charge on any atom is -0.460 e. The third-order valence-electron chi connectivity index (χ3n) is 5.44. The maximum Gasteiger partial charge on any atom is 0.306 e. The normalized spacial score (nSPS) is 19.1. The van der Waals surface area contributed by atoms with Crippen molar-refractivity contribution >= 4 is 34.7 Å². The van der Waals surface area contributed by atoms with Gasteiger partial charge in [0.05, 0.1) is 16.8 Å². The van der Waals surface area contributed by atoms with E-state index >= 15 is 0 Å². The molecule has 0 amide bonds. The second kappa shape index (κ2) is 9.40. The summed E-state index contributed by atoms with van der Waals surface area (Å²) in [5.41, 5.74) is 1.72. The molecule has 0 atom stereocenters. The summed E-state index contributed by atoms with van der Waals surface area (Å²) in [6.45, 7) is 5.71. The Labute approximate surface area is 191 Å². The number of hydrogen-bond donors (Lipinski definition) is 2. The number of carbonyl (C=O) groups is 1. The largest absolute Gasteiger partial charge is 0.460 e. The predicted octanol–water partition coefficient (Wildman–Crippen LogP) is 4.23. The predicted molar refractivity (Wildman–Crippen MR) is 124 cm³/mol. The molecule has 1 aliphatic carbocycles. The molecule has 0 aromatic carbocycles. The fraction of sp³-hybridized carbons (Fsp3) is 0.545. The van der Waals surface area contributed by atoms with Crippen molar-refractivity contribution < 1.29 is 9.53 Å². The number of rotatable bonds is 6. The summed E-state index contributed by atoms with van der Waals surface area (Å²) in [5.74, 6) is 0.836. The lowest BCUT2D eigenvalue weighted by Gasteiger charge is -2.29. The van der Waals surface area contributed by atoms with Gasteiger partial charge in [-0.2, -0.15) is 10.1 Å². The van der Waals surface area contributed by atoms with Crippen LogP contribution in [0, 0.1) is 5.92 Å². The number of esters is 1. The highest BCUT2D eigenvalue weighted by Crippen LogP contribution is 2.30. The average Bonchev–Trinajstić information content (AvgIpc) is 3.17. The van der Waals surface area contributed by atoms with E-state index in [9.17, 15) is 4.79 Å². The zero-order valence-corrected chi connectivity index (χ0v) is 19.7. The standard InChI is InChI=1S/C22H29N7O2S/c1-22(2,3)31-17(30)11-13-5-7-14(8-6-13)25-20-24-12-15-18(28-29-19(15)27-20)16-9-10-23-21(26-16)32-4/h9-10,12-14H,5-8,11H2,1-4H3,(H2,24,25,27,28,29). The molecule has 2 N–H and O–H groups in total. The van der Waals surface area contributed by atoms with Gasteiger partial charge in [0.15, 0.2) is 10.8 Å². The summed E-state index contributed by atoms with van der Waals surface area (Å²) in [5, 5.41) is 12.3. The van der Waals surface area contributed by atoms with E-state index in [1.165, 1.54) is 11.8 Å². The van der Waals surface area contributed by atoms with Gasteiger partial charge in [-0.1, -0.05) is 11.8 Å². The molecule has 4 rings (SSSR count). The van der Waals surface area contributed by atoms with Crippen LogP contribution < -0.4 is 5.32 Å². The molecule has 1 aliphatic rings. The Kier molecular flexibility index (Phi) is 6.59. The molecular formula is C22H29N7O2S. The molecule has 0 unspecified atom stereocenters. The molecule has 0 bridgehead atoms. The topological polar surface area (TPSA) is 119 Å². The monoisotopic (exact) mass is 455 g/mol. The van der Waals surface area contributed by atoms with Crippen molar-refractivity contribution in [3.8, 4) is 11.4 Å². The summed E-state index contributed by atoms with van der Waals surface area (Å²) in [7, 11) is 0. The molecule has 9 nitrogen and oxygen atoms in total. The number of thioether (sulfide) groups is 1. The average molecular weight is 456 g/mol. The maximum absolute atomic E-state index is 12.1. The molecule has 3 aromatic rings. The van der Waals surface area contributed by atoms with Crippen LogP contribution in [0.4, 0.5) is 5.95 Å². The van der Waals surface area contributed by atoms with Crippen molar-refractivity contribution in [3.63, 3.8) is 0 Å². The Morgan fingerprint density at radius 2 is 2.00 bits per heavy atom. The van der Waals surface area contributed by atoms with Gasteiger partial charge in [0.1, 0.15) is 5.60 Å². The van der Waals surface area contributed by atoms with Gasteiger partial charge >= 0.3 is 5.97 Å². The fourth-order valence-electron chi connectivity index (χ4n) is 3.96. The van der Waals surface area contributed by atoms with Crippen LogP contribution >= 0.6 is 11.8 Å². The summed E-state index contributed by atoms with van der Waals surface area (Å²) in [6.07, 6.45) is 9.85. The highest BCUT2D eigenvalue weighted by molar-refractivity contribution is 7.98. The Hall–Kier alpha value is -2.75. The van der Waals surface area contributed by atoms with Gasteiger partial charge in [0.2, 0.25) is 5.95 Å². The number of ether oxygens (including phenoxy) is 1. The van der Waals surface area contributed by atoms with Gasteiger partial charge < -0.3 is 10.1 Å². The van der Waals surface area contributed by atoms with Crippen molar-refractivity contribution in [2.75, 3.05) is 11.6 Å². The van der Waals surface area contributed by atoms with Crippen LogP contribution in [-0.4, -0.2) is 54.0 Å². The highest BCUT2D eigenvalue weighted by atomic mass is 32.2. The smallest absolute Gasteiger partial charge is 0.306 e. The summed E-state index contributed by atoms with van der Waals surface area (Å²) < 4.78 is 5.46. The van der Waals surface area contributed by atoms with Crippen LogP contribution in [0.2, 0.25) is 0 Å². The number of H-pyrrole nitrogens is 1. The molecule has 1 saturated carbocycles. The lowest BCUT2D eigenvalue weighted by atomic mass is 9.84. The van der Waals surface area contributed by atoms with Crippen molar-refractivity contribution in [2.45, 2.75) is 69.7 Å². The number of aromatic nitrogens is 6. The Bertz CT molecular complexity index is 1090. The molecule has 10 heteroatoms. The van der Waals surface area contributed by atoms with Gasteiger partial charge in [-0.05, 0) is 64.7 Å². The van der Waals surface area contributed by atoms with E-state index in [2.05, 4.69) is 35.5 Å². The van der Waals surface area contributed by atoms with Crippen LogP contribution in [0.15, 0.2) is 23.6 Å². The first kappa shape index (κ1) is 22.4. The lowest BCUT2D eigenvalue weighted by Crippen LogP contribution is -2.30. The summed E-state index contributed by atoms with van der Waals surface area (Å²) >= 11 is 1.49. The van der Waals surface area contributed by atoms with Crippen LogP contribution in [0.5, 0.6) is 0 Å². The molecule has 0 radical (unpaired) electrons. The Morgan fingerprint density at radius 1 is 1.22 bits per heavy atom. The van der Waals surface area contributed by atoms with Crippen LogP contribution in [-0.2, 0) is 9.53 Å². The second-order valence-electron chi connectivity index (χ2n) is 9.11. The van der Waals surface area contributed by atoms with E-state index in [4.69, 9.17) is 4.74 Å². The second-order valence-corrected chi connectivity index (χ2v) is 9.88. The molecule has 3 aromatic heterocycles. The quantitative estimate of drug-likeness (QED) is 0.320. The first-order chi connectivity index (χ1) is 15.3. The minimum atomic E-state index is -0.428. The van der Waals surface area contributed by atoms with Gasteiger partial charge in [-0.15, -0.1) is 0 Å². The van der Waals surface area contributed by atoms with Crippen LogP contribution in [0.3, 0.4) is 0 Å². The molecular weight excluding hydrogens is 426 g/mol. The maximum atomic E-state index is 12.1. The number of carbonyl (C=O) groups excluding carboxylic acids is 1. The molecule has 32 heavy (non-hydrogen) atoms. The summed E-state index contributed by atoms with van der Waals surface area (Å²) in [4.78, 5) is 29.9. The Morgan fingerprint density at radius 3 is 2.72 bits per heavy atom. The van der Waals surface area contributed by atoms with E-state index in [1.807, 2.05) is 33.1 Å². The molecule has 0 aliphatic heterocycles. The fourth-order valence-corrected chi connectivity index (χ4v) is 4.31. The number of anilines is 1. The number of nitrogens with zero attached hydrogens (tertiary/aromatic N) is 5. The molecule has 0 spiro atoms. The number of hydrogen-bond acceptors (Lipinski definition) is 9. The zero-order chi connectivity index (χ0) is 22.7. The first-order valence-electron chi connectivity index (χ1n) is 10.9. The first-order valence-corrected chi connectivity index (χ1v) is 12.1. The number of nitrogens with one attached hydrogen (secondary N) is 2. The van der Waals surface area contributed by atoms with E-state index < -0.39 is 5.60 Å². The number of fused-ring (bicyclic) bond motifs is 1. The Balaban J connectivity index is 1.36. The van der Waals surface area contributed by atoms with Gasteiger partial charge in [-0.25, -0.2) is 15.0 Å². The van der Waals surface area contributed by atoms with Crippen LogP contribution in [0.1, 0.15) is 52.9 Å². The minimum absolute atomic E-state index is 0.106. The van der Waals surface area contributed by atoms with E-state index in [1.54, 1.807) is 12.4 Å². The number of aromatic amines is 1. The molecule has 0 saturated heterocycles. The molecule has 3 heterocycles. The lowest BCUT2D eigenvalue weighted by molar-refractivity contribution is -0.156. The highest BCUT2D eigenvalue weighted by Gasteiger charge is 2.26. The van der Waals surface area contributed by atoms with Crippen molar-refractivity contribution in [1.29, 1.82) is 0 Å². The van der Waals surface area contributed by atoms with E-state index in [0.29, 0.717) is 29.1 Å². The van der Waals surface area contributed by atoms with Crippen molar-refractivity contribution in [3.05, 3.63) is 18.5 Å². The molecule has 1 fully saturated rings.